The van der Waals surface area contributed by atoms with Crippen LogP contribution < -0.4 is 5.32 Å². The monoisotopic (exact) mass is 413 g/mol. The van der Waals surface area contributed by atoms with Gasteiger partial charge in [-0.3, -0.25) is 15.1 Å². The van der Waals surface area contributed by atoms with Gasteiger partial charge in [0.15, 0.2) is 0 Å². The summed E-state index contributed by atoms with van der Waals surface area (Å²) in [5.74, 6) is 0.165. The van der Waals surface area contributed by atoms with Crippen molar-refractivity contribution in [3.05, 3.63) is 48.8 Å². The molecule has 0 bridgehead atoms. The minimum atomic E-state index is -3.58. The van der Waals surface area contributed by atoms with Crippen molar-refractivity contribution in [3.8, 4) is 0 Å². The second-order valence-electron chi connectivity index (χ2n) is 7.02. The van der Waals surface area contributed by atoms with Gasteiger partial charge < -0.3 is 4.57 Å². The molecule has 0 spiro atoms. The van der Waals surface area contributed by atoms with Crippen molar-refractivity contribution in [2.45, 2.75) is 31.2 Å². The molecule has 0 aliphatic carbocycles. The van der Waals surface area contributed by atoms with Crippen molar-refractivity contribution < 1.29 is 13.2 Å². The number of imidazole rings is 1. The van der Waals surface area contributed by atoms with Gasteiger partial charge in [0.05, 0.1) is 11.0 Å². The number of aryl methyl sites for hydroxylation is 1. The Bertz CT molecular complexity index is 1120. The molecule has 0 unspecified atom stereocenters. The van der Waals surface area contributed by atoms with Gasteiger partial charge in [-0.05, 0) is 44.0 Å². The van der Waals surface area contributed by atoms with Crippen molar-refractivity contribution in [3.63, 3.8) is 0 Å². The van der Waals surface area contributed by atoms with E-state index in [1.807, 2.05) is 35.8 Å². The van der Waals surface area contributed by atoms with Crippen LogP contribution in [0.5, 0.6) is 0 Å². The second kappa shape index (κ2) is 7.92. The van der Waals surface area contributed by atoms with E-state index in [-0.39, 0.29) is 16.7 Å². The number of carbonyl (C=O) groups excluding carboxylic acids is 1. The topological polar surface area (TPSA) is 97.2 Å². The third kappa shape index (κ3) is 3.75. The fourth-order valence-electron chi connectivity index (χ4n) is 3.71. The number of rotatable bonds is 5. The first kappa shape index (κ1) is 19.5. The minimum Gasteiger partial charge on any atom is -0.310 e. The maximum absolute atomic E-state index is 12.8. The molecule has 0 radical (unpaired) electrons. The summed E-state index contributed by atoms with van der Waals surface area (Å²) in [4.78, 5) is 21.4. The molecule has 3 heterocycles. The summed E-state index contributed by atoms with van der Waals surface area (Å²) in [6.07, 6.45) is 3.83. The van der Waals surface area contributed by atoms with E-state index in [4.69, 9.17) is 0 Å². The summed E-state index contributed by atoms with van der Waals surface area (Å²) in [5.41, 5.74) is 1.81. The first-order valence-corrected chi connectivity index (χ1v) is 11.1. The number of nitrogens with zero attached hydrogens (tertiary/aromatic N) is 4. The Morgan fingerprint density at radius 1 is 1.17 bits per heavy atom. The Morgan fingerprint density at radius 2 is 1.93 bits per heavy atom. The Balaban J connectivity index is 1.44. The highest BCUT2D eigenvalue weighted by Gasteiger charge is 2.32. The summed E-state index contributed by atoms with van der Waals surface area (Å²) in [6, 6.07) is 10.9. The highest BCUT2D eigenvalue weighted by Crippen LogP contribution is 2.25. The van der Waals surface area contributed by atoms with Crippen molar-refractivity contribution in [1.29, 1.82) is 0 Å². The molecule has 1 fully saturated rings. The number of piperidine rings is 1. The van der Waals surface area contributed by atoms with Crippen LogP contribution in [0, 0.1) is 5.92 Å². The number of aromatic nitrogens is 3. The Morgan fingerprint density at radius 3 is 2.62 bits per heavy atom. The van der Waals surface area contributed by atoms with Crippen LogP contribution in [-0.2, 0) is 21.4 Å². The molecule has 9 heteroatoms. The van der Waals surface area contributed by atoms with Crippen LogP contribution in [0.2, 0.25) is 0 Å². The molecule has 1 N–H and O–H groups in total. The summed E-state index contributed by atoms with van der Waals surface area (Å²) in [7, 11) is -3.58. The first-order chi connectivity index (χ1) is 14.0. The van der Waals surface area contributed by atoms with E-state index in [1.54, 1.807) is 12.3 Å². The van der Waals surface area contributed by atoms with Gasteiger partial charge in [0.25, 0.3) is 0 Å². The normalized spacial score (nSPS) is 16.2. The fraction of sp³-hybridized carbons (Fsp3) is 0.350. The summed E-state index contributed by atoms with van der Waals surface area (Å²) in [5, 5.41) is 2.94. The van der Waals surface area contributed by atoms with Crippen LogP contribution >= 0.6 is 0 Å². The average Bonchev–Trinajstić information content (AvgIpc) is 3.11. The van der Waals surface area contributed by atoms with E-state index < -0.39 is 10.0 Å². The molecule has 0 atom stereocenters. The number of nitrogens with one attached hydrogen (secondary N) is 1. The summed E-state index contributed by atoms with van der Waals surface area (Å²) >= 11 is 0. The zero-order valence-corrected chi connectivity index (χ0v) is 17.0. The van der Waals surface area contributed by atoms with E-state index in [1.165, 1.54) is 16.6 Å². The molecule has 1 saturated heterocycles. The zero-order valence-electron chi connectivity index (χ0n) is 16.2. The number of fused-ring (bicyclic) bond motifs is 1. The molecule has 1 aliphatic rings. The lowest BCUT2D eigenvalue weighted by molar-refractivity contribution is -0.121. The summed E-state index contributed by atoms with van der Waals surface area (Å²) in [6.45, 7) is 3.31. The molecule has 3 aromatic rings. The van der Waals surface area contributed by atoms with E-state index >= 15 is 0 Å². The zero-order chi connectivity index (χ0) is 20.4. The van der Waals surface area contributed by atoms with E-state index in [0.717, 1.165) is 11.0 Å². The lowest BCUT2D eigenvalue weighted by Gasteiger charge is -2.30. The number of amides is 1. The van der Waals surface area contributed by atoms with Crippen molar-refractivity contribution in [2.75, 3.05) is 18.4 Å². The number of benzene rings is 1. The molecular formula is C20H23N5O3S. The molecule has 0 saturated carbocycles. The molecule has 2 aromatic heterocycles. The second-order valence-corrected chi connectivity index (χ2v) is 8.96. The summed E-state index contributed by atoms with van der Waals surface area (Å²) < 4.78 is 28.8. The standard InChI is InChI=1S/C20H23N5O3S/c1-2-25-18-8-4-3-7-17(18)22-20(25)23-19(26)15-9-12-24(13-10-15)29(27,28)16-6-5-11-21-14-16/h3-8,11,14-15H,2,9-10,12-13H2,1H3,(H,22,23,26). The fourth-order valence-corrected chi connectivity index (χ4v) is 5.14. The van der Waals surface area contributed by atoms with Gasteiger partial charge in [-0.1, -0.05) is 12.1 Å². The Hall–Kier alpha value is -2.78. The number of pyridine rings is 1. The third-order valence-corrected chi connectivity index (χ3v) is 7.18. The van der Waals surface area contributed by atoms with Crippen molar-refractivity contribution in [2.24, 2.45) is 5.92 Å². The lowest BCUT2D eigenvalue weighted by atomic mass is 9.97. The molecular weight excluding hydrogens is 390 g/mol. The molecule has 8 nitrogen and oxygen atoms in total. The molecule has 4 rings (SSSR count). The minimum absolute atomic E-state index is 0.117. The lowest BCUT2D eigenvalue weighted by Crippen LogP contribution is -2.41. The first-order valence-electron chi connectivity index (χ1n) is 9.67. The van der Waals surface area contributed by atoms with Gasteiger partial charge in [0, 0.05) is 37.9 Å². The van der Waals surface area contributed by atoms with Gasteiger partial charge in [0.2, 0.25) is 21.9 Å². The highest BCUT2D eigenvalue weighted by atomic mass is 32.2. The van der Waals surface area contributed by atoms with E-state index in [2.05, 4.69) is 15.3 Å². The predicted octanol–water partition coefficient (Wildman–Crippen LogP) is 2.49. The number of carbonyl (C=O) groups is 1. The number of anilines is 1. The van der Waals surface area contributed by atoms with E-state index in [9.17, 15) is 13.2 Å². The largest absolute Gasteiger partial charge is 0.310 e. The van der Waals surface area contributed by atoms with E-state index in [0.29, 0.717) is 38.4 Å². The van der Waals surface area contributed by atoms with Crippen molar-refractivity contribution >= 4 is 32.9 Å². The van der Waals surface area contributed by atoms with Gasteiger partial charge in [-0.2, -0.15) is 4.31 Å². The SMILES string of the molecule is CCn1c(NC(=O)C2CCN(S(=O)(=O)c3cccnc3)CC2)nc2ccccc21. The third-order valence-electron chi connectivity index (χ3n) is 5.30. The molecule has 1 amide bonds. The molecule has 29 heavy (non-hydrogen) atoms. The number of hydrogen-bond donors (Lipinski definition) is 1. The smallest absolute Gasteiger partial charge is 0.244 e. The average molecular weight is 414 g/mol. The van der Waals surface area contributed by atoms with Gasteiger partial charge >= 0.3 is 0 Å². The Kier molecular flexibility index (Phi) is 5.33. The predicted molar refractivity (Wildman–Crippen MR) is 110 cm³/mol. The van der Waals surface area contributed by atoms with Gasteiger partial charge in [-0.25, -0.2) is 13.4 Å². The van der Waals surface area contributed by atoms with Crippen LogP contribution in [0.15, 0.2) is 53.7 Å². The molecule has 1 aromatic carbocycles. The van der Waals surface area contributed by atoms with Crippen LogP contribution in [0.25, 0.3) is 11.0 Å². The van der Waals surface area contributed by atoms with Gasteiger partial charge in [0.1, 0.15) is 4.90 Å². The number of hydrogen-bond acceptors (Lipinski definition) is 5. The van der Waals surface area contributed by atoms with Gasteiger partial charge in [-0.15, -0.1) is 0 Å². The van der Waals surface area contributed by atoms with Crippen LogP contribution in [0.1, 0.15) is 19.8 Å². The maximum atomic E-state index is 12.8. The number of sulfonamides is 1. The van der Waals surface area contributed by atoms with Crippen LogP contribution in [0.4, 0.5) is 5.95 Å². The van der Waals surface area contributed by atoms with Crippen LogP contribution in [-0.4, -0.2) is 46.3 Å². The Labute approximate surface area is 169 Å². The number of para-hydroxylation sites is 2. The molecule has 1 aliphatic heterocycles. The van der Waals surface area contributed by atoms with Crippen molar-refractivity contribution in [1.82, 2.24) is 18.8 Å². The maximum Gasteiger partial charge on any atom is 0.244 e. The highest BCUT2D eigenvalue weighted by molar-refractivity contribution is 7.89. The van der Waals surface area contributed by atoms with Crippen LogP contribution in [0.3, 0.4) is 0 Å². The quantitative estimate of drug-likeness (QED) is 0.693. The molecule has 152 valence electrons.